The molecule has 148 valence electrons. The Morgan fingerprint density at radius 3 is 2.77 bits per heavy atom. The third-order valence-corrected chi connectivity index (χ3v) is 4.97. The number of nitrogens with zero attached hydrogens (tertiary/aromatic N) is 6. The van der Waals surface area contributed by atoms with E-state index in [-0.39, 0.29) is 11.8 Å². The van der Waals surface area contributed by atoms with Gasteiger partial charge in [-0.3, -0.25) is 9.48 Å². The van der Waals surface area contributed by atoms with Crippen LogP contribution in [0.25, 0.3) is 16.6 Å². The van der Waals surface area contributed by atoms with E-state index in [0.717, 1.165) is 35.2 Å². The van der Waals surface area contributed by atoms with Crippen molar-refractivity contribution in [3.63, 3.8) is 0 Å². The first-order valence-electron chi connectivity index (χ1n) is 9.56. The summed E-state index contributed by atoms with van der Waals surface area (Å²) in [7, 11) is 1.84. The van der Waals surface area contributed by atoms with Crippen LogP contribution in [0.4, 0.5) is 17.3 Å². The number of nitriles is 1. The first-order chi connectivity index (χ1) is 14.6. The van der Waals surface area contributed by atoms with E-state index in [1.807, 2.05) is 43.7 Å². The van der Waals surface area contributed by atoms with Gasteiger partial charge in [0.1, 0.15) is 11.8 Å². The van der Waals surface area contributed by atoms with Gasteiger partial charge in [-0.15, -0.1) is 0 Å². The van der Waals surface area contributed by atoms with E-state index in [1.165, 1.54) is 0 Å². The van der Waals surface area contributed by atoms with Crippen LogP contribution in [0.2, 0.25) is 0 Å². The average Bonchev–Trinajstić information content (AvgIpc) is 3.41. The third kappa shape index (κ3) is 3.46. The maximum absolute atomic E-state index is 12.0. The van der Waals surface area contributed by atoms with Crippen molar-refractivity contribution in [2.24, 2.45) is 13.0 Å². The number of carbonyl (C=O) groups excluding carboxylic acids is 1. The van der Waals surface area contributed by atoms with Crippen LogP contribution in [0.1, 0.15) is 18.5 Å². The standard InChI is InChI=1S/C21H18N8O/c1-28-6-5-19(26-28)24-18-12-23-15(11-22)9-17(18)14-4-7-29-16(8-14)10-20(27-29)25-21(30)13-2-3-13/h4-10,12-13H,2-3H2,1H3,(H,24,26)(H,25,27,30). The summed E-state index contributed by atoms with van der Waals surface area (Å²) in [6, 6.07) is 11.4. The van der Waals surface area contributed by atoms with E-state index in [0.29, 0.717) is 17.3 Å². The molecule has 1 aliphatic rings. The number of amides is 1. The maximum atomic E-state index is 12.0. The van der Waals surface area contributed by atoms with Gasteiger partial charge in [0.25, 0.3) is 0 Å². The lowest BCUT2D eigenvalue weighted by Crippen LogP contribution is -2.13. The summed E-state index contributed by atoms with van der Waals surface area (Å²) >= 11 is 0. The van der Waals surface area contributed by atoms with E-state index >= 15 is 0 Å². The molecule has 4 aromatic rings. The largest absolute Gasteiger partial charge is 0.337 e. The number of anilines is 3. The van der Waals surface area contributed by atoms with Crippen LogP contribution < -0.4 is 10.6 Å². The molecule has 1 aliphatic carbocycles. The fraction of sp³-hybridized carbons (Fsp3) is 0.190. The van der Waals surface area contributed by atoms with E-state index in [1.54, 1.807) is 21.5 Å². The molecule has 1 saturated carbocycles. The Morgan fingerprint density at radius 1 is 1.17 bits per heavy atom. The Morgan fingerprint density at radius 2 is 2.03 bits per heavy atom. The van der Waals surface area contributed by atoms with Crippen molar-refractivity contribution in [1.82, 2.24) is 24.4 Å². The minimum Gasteiger partial charge on any atom is -0.337 e. The first kappa shape index (κ1) is 17.9. The predicted molar refractivity (Wildman–Crippen MR) is 111 cm³/mol. The highest BCUT2D eigenvalue weighted by atomic mass is 16.2. The smallest absolute Gasteiger partial charge is 0.228 e. The molecular formula is C21H18N8O. The quantitative estimate of drug-likeness (QED) is 0.534. The molecule has 0 spiro atoms. The van der Waals surface area contributed by atoms with Gasteiger partial charge in [0.05, 0.1) is 17.4 Å². The number of nitrogens with one attached hydrogen (secondary N) is 2. The molecule has 1 amide bonds. The molecule has 4 heterocycles. The van der Waals surface area contributed by atoms with Crippen molar-refractivity contribution in [3.05, 3.63) is 54.6 Å². The zero-order chi connectivity index (χ0) is 20.7. The number of aromatic nitrogens is 5. The molecule has 2 N–H and O–H groups in total. The second-order valence-electron chi connectivity index (χ2n) is 7.30. The number of pyridine rings is 2. The van der Waals surface area contributed by atoms with E-state index < -0.39 is 0 Å². The molecule has 9 nitrogen and oxygen atoms in total. The monoisotopic (exact) mass is 398 g/mol. The fourth-order valence-corrected chi connectivity index (χ4v) is 3.27. The normalized spacial score (nSPS) is 13.2. The second kappa shape index (κ2) is 7.00. The molecule has 0 bridgehead atoms. The lowest BCUT2D eigenvalue weighted by Gasteiger charge is -2.11. The number of rotatable bonds is 5. The minimum absolute atomic E-state index is 0.0215. The molecule has 0 unspecified atom stereocenters. The summed E-state index contributed by atoms with van der Waals surface area (Å²) in [4.78, 5) is 16.2. The highest BCUT2D eigenvalue weighted by molar-refractivity contribution is 5.94. The molecule has 0 radical (unpaired) electrons. The number of hydrogen-bond donors (Lipinski definition) is 2. The lowest BCUT2D eigenvalue weighted by molar-refractivity contribution is -0.117. The minimum atomic E-state index is 0.0215. The molecule has 30 heavy (non-hydrogen) atoms. The van der Waals surface area contributed by atoms with E-state index in [4.69, 9.17) is 0 Å². The SMILES string of the molecule is Cn1ccc(Nc2cnc(C#N)cc2-c2ccn3nc(NC(=O)C4CC4)cc3c2)n1. The molecule has 4 aromatic heterocycles. The highest BCUT2D eigenvalue weighted by Gasteiger charge is 2.30. The molecule has 0 atom stereocenters. The van der Waals surface area contributed by atoms with Gasteiger partial charge < -0.3 is 10.6 Å². The Kier molecular flexibility index (Phi) is 4.17. The zero-order valence-corrected chi connectivity index (χ0v) is 16.2. The fourth-order valence-electron chi connectivity index (χ4n) is 3.27. The van der Waals surface area contributed by atoms with Gasteiger partial charge in [-0.05, 0) is 36.6 Å². The topological polar surface area (TPSA) is 113 Å². The van der Waals surface area contributed by atoms with Crippen LogP contribution in [0.15, 0.2) is 48.9 Å². The van der Waals surface area contributed by atoms with Crippen LogP contribution >= 0.6 is 0 Å². The third-order valence-electron chi connectivity index (χ3n) is 4.97. The summed E-state index contributed by atoms with van der Waals surface area (Å²) in [5, 5.41) is 24.2. The van der Waals surface area contributed by atoms with Crippen molar-refractivity contribution >= 4 is 28.7 Å². The van der Waals surface area contributed by atoms with Crippen molar-refractivity contribution in [2.45, 2.75) is 12.8 Å². The zero-order valence-electron chi connectivity index (χ0n) is 16.2. The molecular weight excluding hydrogens is 380 g/mol. The van der Waals surface area contributed by atoms with Crippen LogP contribution in [0, 0.1) is 17.2 Å². The van der Waals surface area contributed by atoms with Gasteiger partial charge >= 0.3 is 0 Å². The Bertz CT molecular complexity index is 1310. The summed E-state index contributed by atoms with van der Waals surface area (Å²) in [6.07, 6.45) is 7.19. The highest BCUT2D eigenvalue weighted by Crippen LogP contribution is 2.32. The van der Waals surface area contributed by atoms with Crippen LogP contribution in [-0.4, -0.2) is 30.3 Å². The van der Waals surface area contributed by atoms with Crippen LogP contribution in [0.5, 0.6) is 0 Å². The van der Waals surface area contributed by atoms with Crippen molar-refractivity contribution in [2.75, 3.05) is 10.6 Å². The van der Waals surface area contributed by atoms with Gasteiger partial charge in [-0.25, -0.2) is 9.50 Å². The molecule has 5 rings (SSSR count). The maximum Gasteiger partial charge on any atom is 0.228 e. The van der Waals surface area contributed by atoms with Crippen molar-refractivity contribution in [1.29, 1.82) is 5.26 Å². The number of hydrogen-bond acceptors (Lipinski definition) is 6. The molecule has 0 saturated heterocycles. The number of carbonyl (C=O) groups is 1. The summed E-state index contributed by atoms with van der Waals surface area (Å²) in [6.45, 7) is 0. The lowest BCUT2D eigenvalue weighted by atomic mass is 10.0. The average molecular weight is 398 g/mol. The van der Waals surface area contributed by atoms with E-state index in [9.17, 15) is 10.1 Å². The predicted octanol–water partition coefficient (Wildman–Crippen LogP) is 3.09. The molecule has 0 aromatic carbocycles. The van der Waals surface area contributed by atoms with Gasteiger partial charge in [0, 0.05) is 43.1 Å². The van der Waals surface area contributed by atoms with Crippen molar-refractivity contribution in [3.8, 4) is 17.2 Å². The summed E-state index contributed by atoms with van der Waals surface area (Å²) in [5.74, 6) is 1.35. The van der Waals surface area contributed by atoms with Crippen LogP contribution in [0.3, 0.4) is 0 Å². The van der Waals surface area contributed by atoms with Crippen molar-refractivity contribution < 1.29 is 4.79 Å². The van der Waals surface area contributed by atoms with Gasteiger partial charge in [-0.1, -0.05) is 0 Å². The van der Waals surface area contributed by atoms with Crippen LogP contribution in [-0.2, 0) is 11.8 Å². The molecule has 1 fully saturated rings. The number of aryl methyl sites for hydroxylation is 1. The molecule has 9 heteroatoms. The summed E-state index contributed by atoms with van der Waals surface area (Å²) in [5.41, 5.74) is 3.60. The molecule has 0 aliphatic heterocycles. The number of fused-ring (bicyclic) bond motifs is 1. The summed E-state index contributed by atoms with van der Waals surface area (Å²) < 4.78 is 3.42. The van der Waals surface area contributed by atoms with Gasteiger partial charge in [0.2, 0.25) is 5.91 Å². The Labute approximate surface area is 172 Å². The second-order valence-corrected chi connectivity index (χ2v) is 7.30. The Balaban J connectivity index is 1.51. The first-order valence-corrected chi connectivity index (χ1v) is 9.56. The van der Waals surface area contributed by atoms with Gasteiger partial charge in [-0.2, -0.15) is 15.5 Å². The Hall–Kier alpha value is -4.19. The van der Waals surface area contributed by atoms with Gasteiger partial charge in [0.15, 0.2) is 11.6 Å². The van der Waals surface area contributed by atoms with E-state index in [2.05, 4.69) is 31.9 Å².